The maximum atomic E-state index is 12.8. The lowest BCUT2D eigenvalue weighted by Crippen LogP contribution is -2.53. The summed E-state index contributed by atoms with van der Waals surface area (Å²) < 4.78 is 0. The summed E-state index contributed by atoms with van der Waals surface area (Å²) in [5.41, 5.74) is 3.02. The van der Waals surface area contributed by atoms with Gasteiger partial charge in [0.1, 0.15) is 0 Å². The molecule has 26 heavy (non-hydrogen) atoms. The van der Waals surface area contributed by atoms with Crippen LogP contribution in [0.1, 0.15) is 43.7 Å². The molecule has 5 nitrogen and oxygen atoms in total. The summed E-state index contributed by atoms with van der Waals surface area (Å²) in [5.74, 6) is 0.329. The fraction of sp³-hybridized carbons (Fsp3) is 0.619. The van der Waals surface area contributed by atoms with Crippen molar-refractivity contribution in [3.05, 3.63) is 29.3 Å². The van der Waals surface area contributed by atoms with Crippen molar-refractivity contribution in [3.8, 4) is 0 Å². The van der Waals surface area contributed by atoms with Gasteiger partial charge < -0.3 is 10.2 Å². The van der Waals surface area contributed by atoms with E-state index in [2.05, 4.69) is 17.1 Å². The van der Waals surface area contributed by atoms with Gasteiger partial charge in [-0.3, -0.25) is 14.5 Å². The SMILES string of the molecule is Cc1cccc(NC(=O)CN2CCN(C(=O)C3(C)CCCC3)CC2)c1C. The second-order valence-corrected chi connectivity index (χ2v) is 8.13. The topological polar surface area (TPSA) is 52.7 Å². The molecule has 1 aliphatic carbocycles. The second-order valence-electron chi connectivity index (χ2n) is 8.13. The number of hydrogen-bond donors (Lipinski definition) is 1. The van der Waals surface area contributed by atoms with Crippen LogP contribution in [-0.2, 0) is 9.59 Å². The third-order valence-corrected chi connectivity index (χ3v) is 6.13. The Labute approximate surface area is 156 Å². The number of anilines is 1. The minimum atomic E-state index is -0.151. The van der Waals surface area contributed by atoms with Gasteiger partial charge in [0.25, 0.3) is 0 Å². The van der Waals surface area contributed by atoms with Crippen LogP contribution in [0.2, 0.25) is 0 Å². The highest BCUT2D eigenvalue weighted by molar-refractivity contribution is 5.93. The van der Waals surface area contributed by atoms with E-state index in [0.29, 0.717) is 12.5 Å². The van der Waals surface area contributed by atoms with Gasteiger partial charge in [-0.05, 0) is 43.9 Å². The van der Waals surface area contributed by atoms with E-state index in [1.54, 1.807) is 0 Å². The number of aryl methyl sites for hydroxylation is 1. The maximum absolute atomic E-state index is 12.8. The number of hydrogen-bond acceptors (Lipinski definition) is 3. The van der Waals surface area contributed by atoms with Gasteiger partial charge in [-0.2, -0.15) is 0 Å². The Morgan fingerprint density at radius 1 is 1.08 bits per heavy atom. The number of amides is 2. The molecule has 2 aliphatic rings. The molecule has 1 aromatic rings. The molecule has 0 atom stereocenters. The number of carbonyl (C=O) groups is 2. The summed E-state index contributed by atoms with van der Waals surface area (Å²) in [6.45, 7) is 9.56. The van der Waals surface area contributed by atoms with Crippen molar-refractivity contribution < 1.29 is 9.59 Å². The quantitative estimate of drug-likeness (QED) is 0.901. The first-order valence-corrected chi connectivity index (χ1v) is 9.77. The zero-order valence-corrected chi connectivity index (χ0v) is 16.3. The van der Waals surface area contributed by atoms with E-state index in [9.17, 15) is 9.59 Å². The summed E-state index contributed by atoms with van der Waals surface area (Å²) in [7, 11) is 0. The number of piperazine rings is 1. The number of nitrogens with zero attached hydrogens (tertiary/aromatic N) is 2. The molecule has 1 aromatic carbocycles. The van der Waals surface area contributed by atoms with E-state index in [1.807, 2.05) is 36.9 Å². The molecule has 1 N–H and O–H groups in total. The van der Waals surface area contributed by atoms with Gasteiger partial charge in [0, 0.05) is 37.3 Å². The lowest BCUT2D eigenvalue weighted by atomic mass is 9.87. The highest BCUT2D eigenvalue weighted by atomic mass is 16.2. The van der Waals surface area contributed by atoms with Crippen molar-refractivity contribution in [2.75, 3.05) is 38.0 Å². The van der Waals surface area contributed by atoms with Gasteiger partial charge in [-0.25, -0.2) is 0 Å². The zero-order chi connectivity index (χ0) is 18.7. The highest BCUT2D eigenvalue weighted by Crippen LogP contribution is 2.39. The molecule has 1 saturated carbocycles. The molecular formula is C21H31N3O2. The summed E-state index contributed by atoms with van der Waals surface area (Å²) in [5, 5.41) is 3.02. The summed E-state index contributed by atoms with van der Waals surface area (Å²) in [4.78, 5) is 29.3. The molecule has 0 aromatic heterocycles. The number of carbonyl (C=O) groups excluding carboxylic acids is 2. The van der Waals surface area contributed by atoms with E-state index >= 15 is 0 Å². The van der Waals surface area contributed by atoms with Crippen LogP contribution in [-0.4, -0.2) is 54.3 Å². The molecular weight excluding hydrogens is 326 g/mol. The van der Waals surface area contributed by atoms with Crippen LogP contribution in [0.4, 0.5) is 5.69 Å². The number of rotatable bonds is 4. The molecule has 2 amide bonds. The van der Waals surface area contributed by atoms with E-state index in [0.717, 1.165) is 50.3 Å². The van der Waals surface area contributed by atoms with Crippen LogP contribution < -0.4 is 5.32 Å². The highest BCUT2D eigenvalue weighted by Gasteiger charge is 2.39. The fourth-order valence-corrected chi connectivity index (χ4v) is 4.14. The minimum Gasteiger partial charge on any atom is -0.340 e. The van der Waals surface area contributed by atoms with Gasteiger partial charge in [-0.15, -0.1) is 0 Å². The molecule has 0 radical (unpaired) electrons. The third kappa shape index (κ3) is 4.09. The average Bonchev–Trinajstić information content (AvgIpc) is 3.07. The summed E-state index contributed by atoms with van der Waals surface area (Å²) in [6.07, 6.45) is 4.37. The molecule has 142 valence electrons. The van der Waals surface area contributed by atoms with Gasteiger partial charge in [0.15, 0.2) is 0 Å². The Hall–Kier alpha value is -1.88. The van der Waals surface area contributed by atoms with E-state index in [1.165, 1.54) is 18.4 Å². The lowest BCUT2D eigenvalue weighted by Gasteiger charge is -2.38. The lowest BCUT2D eigenvalue weighted by molar-refractivity contribution is -0.142. The fourth-order valence-electron chi connectivity index (χ4n) is 4.14. The molecule has 1 heterocycles. The van der Waals surface area contributed by atoms with Gasteiger partial charge in [-0.1, -0.05) is 31.9 Å². The largest absolute Gasteiger partial charge is 0.340 e. The summed E-state index contributed by atoms with van der Waals surface area (Å²) >= 11 is 0. The second kappa shape index (κ2) is 7.78. The van der Waals surface area contributed by atoms with Crippen molar-refractivity contribution in [3.63, 3.8) is 0 Å². The van der Waals surface area contributed by atoms with Crippen molar-refractivity contribution in [1.29, 1.82) is 0 Å². The predicted molar refractivity (Wildman–Crippen MR) is 104 cm³/mol. The molecule has 2 fully saturated rings. The van der Waals surface area contributed by atoms with Crippen molar-refractivity contribution in [1.82, 2.24) is 9.80 Å². The Kier molecular flexibility index (Phi) is 5.66. The van der Waals surface area contributed by atoms with Crippen LogP contribution in [0.3, 0.4) is 0 Å². The molecule has 0 bridgehead atoms. The molecule has 1 saturated heterocycles. The maximum Gasteiger partial charge on any atom is 0.238 e. The third-order valence-electron chi connectivity index (χ3n) is 6.13. The standard InChI is InChI=1S/C21H31N3O2/c1-16-7-6-8-18(17(16)2)22-19(25)15-23-11-13-24(14-12-23)20(26)21(3)9-4-5-10-21/h6-8H,4-5,9-15H2,1-3H3,(H,22,25). The first-order chi connectivity index (χ1) is 12.4. The van der Waals surface area contributed by atoms with Crippen molar-refractivity contribution in [2.24, 2.45) is 5.41 Å². The number of nitrogens with one attached hydrogen (secondary N) is 1. The average molecular weight is 357 g/mol. The van der Waals surface area contributed by atoms with Crippen molar-refractivity contribution >= 4 is 17.5 Å². The predicted octanol–water partition coefficient (Wildman–Crippen LogP) is 2.97. The van der Waals surface area contributed by atoms with Crippen molar-refractivity contribution in [2.45, 2.75) is 46.5 Å². The Morgan fingerprint density at radius 3 is 2.38 bits per heavy atom. The van der Waals surface area contributed by atoms with Gasteiger partial charge in [0.05, 0.1) is 6.54 Å². The normalized spacial score (nSPS) is 20.2. The first-order valence-electron chi connectivity index (χ1n) is 9.77. The molecule has 1 aliphatic heterocycles. The molecule has 0 unspecified atom stereocenters. The monoisotopic (exact) mass is 357 g/mol. The minimum absolute atomic E-state index is 0.0150. The first kappa shape index (κ1) is 18.9. The Morgan fingerprint density at radius 2 is 1.73 bits per heavy atom. The smallest absolute Gasteiger partial charge is 0.238 e. The van der Waals surface area contributed by atoms with Crippen LogP contribution in [0.15, 0.2) is 18.2 Å². The Balaban J connectivity index is 1.48. The Bertz CT molecular complexity index is 672. The molecule has 3 rings (SSSR count). The summed E-state index contributed by atoms with van der Waals surface area (Å²) in [6, 6.07) is 5.96. The number of benzene rings is 1. The van der Waals surface area contributed by atoms with Crippen LogP contribution in [0, 0.1) is 19.3 Å². The van der Waals surface area contributed by atoms with Crippen LogP contribution >= 0.6 is 0 Å². The van der Waals surface area contributed by atoms with Gasteiger partial charge in [0.2, 0.25) is 11.8 Å². The van der Waals surface area contributed by atoms with E-state index < -0.39 is 0 Å². The van der Waals surface area contributed by atoms with E-state index in [4.69, 9.17) is 0 Å². The van der Waals surface area contributed by atoms with Crippen LogP contribution in [0.5, 0.6) is 0 Å². The molecule has 5 heteroatoms. The zero-order valence-electron chi connectivity index (χ0n) is 16.3. The van der Waals surface area contributed by atoms with E-state index in [-0.39, 0.29) is 11.3 Å². The van der Waals surface area contributed by atoms with Crippen LogP contribution in [0.25, 0.3) is 0 Å². The molecule has 0 spiro atoms. The van der Waals surface area contributed by atoms with Gasteiger partial charge >= 0.3 is 0 Å².